The molecule has 8 aromatic rings. The lowest BCUT2D eigenvalue weighted by Gasteiger charge is -2.43. The summed E-state index contributed by atoms with van der Waals surface area (Å²) >= 11 is 1.84. The Hall–Kier alpha value is -5.05. The number of hydrogen-bond donors (Lipinski definition) is 0. The Balaban J connectivity index is 1.51. The van der Waals surface area contributed by atoms with Gasteiger partial charge in [-0.2, -0.15) is 0 Å². The maximum Gasteiger partial charge on any atom is 0.0756 e. The molecule has 220 valence electrons. The van der Waals surface area contributed by atoms with E-state index >= 15 is 0 Å². The molecule has 1 atom stereocenters. The van der Waals surface area contributed by atoms with Crippen LogP contribution in [0, 0.1) is 0 Å². The van der Waals surface area contributed by atoms with Crippen molar-refractivity contribution in [2.75, 3.05) is 6.26 Å². The number of thioether (sulfide) groups is 1. The van der Waals surface area contributed by atoms with Gasteiger partial charge in [-0.1, -0.05) is 140 Å². The van der Waals surface area contributed by atoms with Gasteiger partial charge < -0.3 is 4.57 Å². The molecule has 0 amide bonds. The largest absolute Gasteiger partial charge is 0.309 e. The average molecular weight is 608 g/mol. The molecule has 0 radical (unpaired) electrons. The highest BCUT2D eigenvalue weighted by atomic mass is 32.2. The van der Waals surface area contributed by atoms with Gasteiger partial charge in [0.2, 0.25) is 0 Å². The fraction of sp³-hybridized carbons (Fsp3) is 0.0909. The first kappa shape index (κ1) is 27.3. The average Bonchev–Trinajstić information content (AvgIpc) is 3.47. The van der Waals surface area contributed by atoms with Gasteiger partial charge in [0.1, 0.15) is 0 Å². The lowest BCUT2D eigenvalue weighted by Crippen LogP contribution is -2.37. The minimum absolute atomic E-state index is 0.536. The third-order valence-corrected chi connectivity index (χ3v) is 11.0. The van der Waals surface area contributed by atoms with Crippen LogP contribution in [0.1, 0.15) is 34.7 Å². The van der Waals surface area contributed by atoms with E-state index in [4.69, 9.17) is 0 Å². The van der Waals surface area contributed by atoms with Crippen LogP contribution in [0.3, 0.4) is 0 Å². The molecule has 0 spiro atoms. The Morgan fingerprint density at radius 1 is 0.522 bits per heavy atom. The fourth-order valence-corrected chi connectivity index (χ4v) is 9.07. The Bertz CT molecular complexity index is 2460. The maximum atomic E-state index is 2.52. The number of aromatic nitrogens is 1. The van der Waals surface area contributed by atoms with Crippen molar-refractivity contribution in [3.63, 3.8) is 0 Å². The third-order valence-electron chi connectivity index (χ3n) is 10.2. The summed E-state index contributed by atoms with van der Waals surface area (Å²) in [5.74, 6) is 0. The fourth-order valence-electron chi connectivity index (χ4n) is 8.41. The molecule has 2 heteroatoms. The number of para-hydroxylation sites is 3. The van der Waals surface area contributed by atoms with E-state index in [1.54, 1.807) is 0 Å². The number of hydrogen-bond acceptors (Lipinski definition) is 1. The SMILES string of the molecule is CCc1c(-c2cccc3ccccc23)cccc1C1(c2ccccc2SC)c2ccccc2-n2c3ccccc3c3cccc1c32. The molecule has 0 saturated heterocycles. The number of fused-ring (bicyclic) bond motifs is 6. The first-order chi connectivity index (χ1) is 22.8. The van der Waals surface area contributed by atoms with Crippen molar-refractivity contribution in [2.45, 2.75) is 23.7 Å². The highest BCUT2D eigenvalue weighted by Gasteiger charge is 2.47. The van der Waals surface area contributed by atoms with E-state index in [0.29, 0.717) is 0 Å². The van der Waals surface area contributed by atoms with Crippen LogP contribution < -0.4 is 0 Å². The monoisotopic (exact) mass is 607 g/mol. The molecule has 0 aliphatic carbocycles. The standard InChI is InChI=1S/C44H33NS/c1-3-30-32(33-19-12-16-29-15-4-5-17-31(29)33)20-13-24-36(30)44(38-23-8-11-28-42(38)46-2)37-22-7-10-27-41(37)45-40-26-9-6-18-34(40)35-21-14-25-39(44)43(35)45/h4-28H,3H2,1-2H3. The van der Waals surface area contributed by atoms with Crippen LogP contribution in [-0.4, -0.2) is 10.8 Å². The van der Waals surface area contributed by atoms with E-state index in [2.05, 4.69) is 169 Å². The van der Waals surface area contributed by atoms with Crippen molar-refractivity contribution in [2.24, 2.45) is 0 Å². The van der Waals surface area contributed by atoms with E-state index in [0.717, 1.165) is 6.42 Å². The Labute approximate surface area is 274 Å². The van der Waals surface area contributed by atoms with Gasteiger partial charge in [0.25, 0.3) is 0 Å². The molecule has 9 rings (SSSR count). The minimum Gasteiger partial charge on any atom is -0.309 e. The van der Waals surface area contributed by atoms with Crippen LogP contribution in [0.25, 0.3) is 49.4 Å². The van der Waals surface area contributed by atoms with Crippen LogP contribution in [0.4, 0.5) is 0 Å². The molecule has 0 N–H and O–H groups in total. The molecule has 46 heavy (non-hydrogen) atoms. The minimum atomic E-state index is -0.536. The van der Waals surface area contributed by atoms with Crippen LogP contribution in [-0.2, 0) is 11.8 Å². The van der Waals surface area contributed by atoms with Crippen LogP contribution in [0.15, 0.2) is 157 Å². The number of rotatable bonds is 5. The Kier molecular flexibility index (Phi) is 6.23. The highest BCUT2D eigenvalue weighted by Crippen LogP contribution is 2.57. The van der Waals surface area contributed by atoms with Crippen molar-refractivity contribution >= 4 is 44.3 Å². The van der Waals surface area contributed by atoms with E-state index in [-0.39, 0.29) is 0 Å². The Morgan fingerprint density at radius 3 is 2.00 bits per heavy atom. The van der Waals surface area contributed by atoms with Crippen LogP contribution >= 0.6 is 11.8 Å². The van der Waals surface area contributed by atoms with Gasteiger partial charge in [0.15, 0.2) is 0 Å². The zero-order valence-electron chi connectivity index (χ0n) is 26.0. The second kappa shape index (κ2) is 10.5. The van der Waals surface area contributed by atoms with Gasteiger partial charge in [-0.15, -0.1) is 11.8 Å². The second-order valence-corrected chi connectivity index (χ2v) is 13.1. The quantitative estimate of drug-likeness (QED) is 0.176. The van der Waals surface area contributed by atoms with Gasteiger partial charge in [0, 0.05) is 15.7 Å². The molecule has 1 aliphatic heterocycles. The van der Waals surface area contributed by atoms with Crippen molar-refractivity contribution in [1.29, 1.82) is 0 Å². The van der Waals surface area contributed by atoms with Crippen molar-refractivity contribution in [1.82, 2.24) is 4.57 Å². The summed E-state index contributed by atoms with van der Waals surface area (Å²) in [5.41, 5.74) is 12.6. The molecular weight excluding hydrogens is 575 g/mol. The first-order valence-electron chi connectivity index (χ1n) is 16.1. The normalized spacial score (nSPS) is 15.4. The smallest absolute Gasteiger partial charge is 0.0756 e. The molecule has 1 unspecified atom stereocenters. The lowest BCUT2D eigenvalue weighted by atomic mass is 9.61. The molecule has 1 aromatic heterocycles. The zero-order chi connectivity index (χ0) is 30.8. The van der Waals surface area contributed by atoms with E-state index in [1.807, 2.05) is 11.8 Å². The molecule has 7 aromatic carbocycles. The number of benzene rings is 7. The van der Waals surface area contributed by atoms with E-state index in [9.17, 15) is 0 Å². The van der Waals surface area contributed by atoms with Gasteiger partial charge in [-0.25, -0.2) is 0 Å². The topological polar surface area (TPSA) is 4.93 Å². The van der Waals surface area contributed by atoms with Gasteiger partial charge in [-0.3, -0.25) is 0 Å². The summed E-state index contributed by atoms with van der Waals surface area (Å²) in [6.45, 7) is 2.33. The van der Waals surface area contributed by atoms with Crippen molar-refractivity contribution in [3.8, 4) is 16.8 Å². The lowest BCUT2D eigenvalue weighted by molar-refractivity contribution is 0.703. The Morgan fingerprint density at radius 2 is 1.13 bits per heavy atom. The van der Waals surface area contributed by atoms with E-state index < -0.39 is 5.41 Å². The summed E-state index contributed by atoms with van der Waals surface area (Å²) in [7, 11) is 0. The second-order valence-electron chi connectivity index (χ2n) is 12.2. The summed E-state index contributed by atoms with van der Waals surface area (Å²) in [4.78, 5) is 1.30. The summed E-state index contributed by atoms with van der Waals surface area (Å²) in [6, 6.07) is 56.7. The first-order valence-corrected chi connectivity index (χ1v) is 17.4. The summed E-state index contributed by atoms with van der Waals surface area (Å²) < 4.78 is 2.52. The maximum absolute atomic E-state index is 2.52. The zero-order valence-corrected chi connectivity index (χ0v) is 26.8. The third kappa shape index (κ3) is 3.59. The molecule has 2 heterocycles. The van der Waals surface area contributed by atoms with E-state index in [1.165, 1.54) is 82.1 Å². The molecule has 1 aliphatic rings. The molecule has 0 saturated carbocycles. The number of nitrogens with zero attached hydrogens (tertiary/aromatic N) is 1. The van der Waals surface area contributed by atoms with Crippen LogP contribution in [0.2, 0.25) is 0 Å². The van der Waals surface area contributed by atoms with Gasteiger partial charge in [0.05, 0.1) is 22.1 Å². The van der Waals surface area contributed by atoms with Gasteiger partial charge >= 0.3 is 0 Å². The molecule has 1 nitrogen and oxygen atoms in total. The molecule has 0 bridgehead atoms. The van der Waals surface area contributed by atoms with Gasteiger partial charge in [-0.05, 0) is 80.6 Å². The molecular formula is C44H33NS. The summed E-state index contributed by atoms with van der Waals surface area (Å²) in [6.07, 6.45) is 3.13. The van der Waals surface area contributed by atoms with Crippen molar-refractivity contribution in [3.05, 3.63) is 179 Å². The molecule has 0 fully saturated rings. The predicted molar refractivity (Wildman–Crippen MR) is 197 cm³/mol. The highest BCUT2D eigenvalue weighted by molar-refractivity contribution is 7.98. The summed E-state index contributed by atoms with van der Waals surface area (Å²) in [5, 5.41) is 5.16. The predicted octanol–water partition coefficient (Wildman–Crippen LogP) is 11.6. The van der Waals surface area contributed by atoms with Crippen molar-refractivity contribution < 1.29 is 0 Å². The van der Waals surface area contributed by atoms with Crippen LogP contribution in [0.5, 0.6) is 0 Å².